The number of carbonyl (C=O) groups is 1. The van der Waals surface area contributed by atoms with E-state index in [0.29, 0.717) is 60.8 Å². The van der Waals surface area contributed by atoms with Crippen LogP contribution in [0.15, 0.2) is 30.3 Å². The zero-order valence-electron chi connectivity index (χ0n) is 24.1. The fraction of sp³-hybridized carbons (Fsp3) is 0.586. The number of amides is 1. The summed E-state index contributed by atoms with van der Waals surface area (Å²) in [7, 11) is 0. The van der Waals surface area contributed by atoms with E-state index in [1.165, 1.54) is 4.57 Å². The number of hydrogen-bond acceptors (Lipinski definition) is 8. The highest BCUT2D eigenvalue weighted by Gasteiger charge is 2.27. The second kappa shape index (κ2) is 12.1. The van der Waals surface area contributed by atoms with Crippen molar-refractivity contribution in [1.82, 2.24) is 24.8 Å². The highest BCUT2D eigenvalue weighted by Crippen LogP contribution is 2.30. The normalized spacial score (nSPS) is 21.7. The average molecular weight is 572 g/mol. The minimum atomic E-state index is -2.77. The second-order valence-corrected chi connectivity index (χ2v) is 11.9. The minimum absolute atomic E-state index is 0.0706. The van der Waals surface area contributed by atoms with E-state index in [0.717, 1.165) is 25.7 Å². The molecule has 1 amide bonds. The molecule has 2 N–H and O–H groups in total. The third kappa shape index (κ3) is 7.03. The third-order valence-electron chi connectivity index (χ3n) is 7.49. The Kier molecular flexibility index (Phi) is 8.58. The molecule has 1 saturated heterocycles. The number of alkyl halides is 2. The maximum atomic E-state index is 14.1. The Hall–Kier alpha value is -3.54. The molecule has 2 aromatic heterocycles. The van der Waals surface area contributed by atoms with E-state index in [4.69, 9.17) is 19.4 Å². The second-order valence-electron chi connectivity index (χ2n) is 11.9. The summed E-state index contributed by atoms with van der Waals surface area (Å²) in [5.74, 6) is 1.37. The third-order valence-corrected chi connectivity index (χ3v) is 7.49. The summed E-state index contributed by atoms with van der Waals surface area (Å²) in [4.78, 5) is 28.0. The number of anilines is 2. The Morgan fingerprint density at radius 1 is 1.12 bits per heavy atom. The summed E-state index contributed by atoms with van der Waals surface area (Å²) in [6.07, 6.45) is 0.377. The van der Waals surface area contributed by atoms with E-state index in [1.54, 1.807) is 30.3 Å². The molecule has 5 rings (SSSR count). The molecular formula is C29H39F2N7O3. The first-order valence-corrected chi connectivity index (χ1v) is 14.3. The SMILES string of the molecule is C[C@@H]1COCCN1c1cc(-n2c(C(F)F)nc3ccccc32)nc(NC[C@H]2CC[C@H](NC(=O)OC(C)(C)C)CC2)n1. The zero-order valence-corrected chi connectivity index (χ0v) is 24.1. The number of halogens is 2. The Balaban J connectivity index is 1.35. The number of ether oxygens (including phenoxy) is 2. The predicted octanol–water partition coefficient (Wildman–Crippen LogP) is 5.47. The van der Waals surface area contributed by atoms with Gasteiger partial charge in [0.1, 0.15) is 17.2 Å². The quantitative estimate of drug-likeness (QED) is 0.384. The molecule has 2 aliphatic rings. The number of imidazole rings is 1. The van der Waals surface area contributed by atoms with Crippen LogP contribution in [0.1, 0.15) is 65.6 Å². The van der Waals surface area contributed by atoms with Crippen LogP contribution >= 0.6 is 0 Å². The highest BCUT2D eigenvalue weighted by molar-refractivity contribution is 5.78. The molecule has 1 aliphatic carbocycles. The van der Waals surface area contributed by atoms with E-state index in [9.17, 15) is 13.6 Å². The van der Waals surface area contributed by atoms with Crippen molar-refractivity contribution < 1.29 is 23.0 Å². The van der Waals surface area contributed by atoms with Gasteiger partial charge in [-0.2, -0.15) is 9.97 Å². The first kappa shape index (κ1) is 29.0. The molecule has 0 spiro atoms. The van der Waals surface area contributed by atoms with Crippen molar-refractivity contribution in [3.63, 3.8) is 0 Å². The molecular weight excluding hydrogens is 532 g/mol. The molecule has 0 unspecified atom stereocenters. The Labute approximate surface area is 238 Å². The maximum absolute atomic E-state index is 14.1. The predicted molar refractivity (Wildman–Crippen MR) is 153 cm³/mol. The zero-order chi connectivity index (χ0) is 29.1. The smallest absolute Gasteiger partial charge is 0.407 e. The number of morpholine rings is 1. The van der Waals surface area contributed by atoms with Gasteiger partial charge in [-0.15, -0.1) is 0 Å². The molecule has 2 fully saturated rings. The topological polar surface area (TPSA) is 106 Å². The molecule has 1 aliphatic heterocycles. The van der Waals surface area contributed by atoms with E-state index in [2.05, 4.69) is 27.4 Å². The number of fused-ring (bicyclic) bond motifs is 1. The number of nitrogens with zero attached hydrogens (tertiary/aromatic N) is 5. The van der Waals surface area contributed by atoms with Crippen molar-refractivity contribution in [1.29, 1.82) is 0 Å². The standard InChI is InChI=1S/C29H39F2N7O3/c1-18-17-40-14-13-37(18)23-15-24(38-22-8-6-5-7-21(22)34-26(38)25(30)31)36-27(35-23)32-16-19-9-11-20(12-10-19)33-28(39)41-29(2,3)4/h5-8,15,18-20,25H,9-14,16-17H2,1-4H3,(H,33,39)(H,32,35,36)/t18-,19-,20-/m1/s1. The molecule has 12 heteroatoms. The van der Waals surface area contributed by atoms with Gasteiger partial charge < -0.3 is 25.0 Å². The molecule has 1 atom stereocenters. The van der Waals surface area contributed by atoms with Crippen LogP contribution in [0, 0.1) is 5.92 Å². The number of hydrogen-bond donors (Lipinski definition) is 2. The van der Waals surface area contributed by atoms with Gasteiger partial charge in [0.15, 0.2) is 5.82 Å². The Morgan fingerprint density at radius 2 is 1.85 bits per heavy atom. The van der Waals surface area contributed by atoms with Crippen LogP contribution in [0.2, 0.25) is 0 Å². The lowest BCUT2D eigenvalue weighted by Crippen LogP contribution is -2.44. The highest BCUT2D eigenvalue weighted by atomic mass is 19.3. The van der Waals surface area contributed by atoms with Crippen LogP contribution in [0.3, 0.4) is 0 Å². The summed E-state index contributed by atoms with van der Waals surface area (Å²) < 4.78 is 40.7. The summed E-state index contributed by atoms with van der Waals surface area (Å²) in [5, 5.41) is 6.36. The van der Waals surface area contributed by atoms with Crippen LogP contribution in [0.5, 0.6) is 0 Å². The molecule has 3 aromatic rings. The maximum Gasteiger partial charge on any atom is 0.407 e. The molecule has 1 aromatic carbocycles. The van der Waals surface area contributed by atoms with Gasteiger partial charge in [-0.05, 0) is 71.4 Å². The van der Waals surface area contributed by atoms with Crippen molar-refractivity contribution >= 4 is 28.9 Å². The summed E-state index contributed by atoms with van der Waals surface area (Å²) in [6.45, 7) is 9.98. The Morgan fingerprint density at radius 3 is 2.56 bits per heavy atom. The fourth-order valence-corrected chi connectivity index (χ4v) is 5.48. The van der Waals surface area contributed by atoms with Crippen LogP contribution in [-0.4, -0.2) is 69.6 Å². The molecule has 222 valence electrons. The minimum Gasteiger partial charge on any atom is -0.444 e. The summed E-state index contributed by atoms with van der Waals surface area (Å²) in [5.41, 5.74) is 0.509. The molecule has 10 nitrogen and oxygen atoms in total. The van der Waals surface area contributed by atoms with E-state index in [-0.39, 0.29) is 24.0 Å². The lowest BCUT2D eigenvalue weighted by Gasteiger charge is -2.34. The number of carbonyl (C=O) groups excluding carboxylic acids is 1. The summed E-state index contributed by atoms with van der Waals surface area (Å²) >= 11 is 0. The average Bonchev–Trinajstić information content (AvgIpc) is 3.32. The monoisotopic (exact) mass is 571 g/mol. The fourth-order valence-electron chi connectivity index (χ4n) is 5.48. The lowest BCUT2D eigenvalue weighted by molar-refractivity contribution is 0.0488. The van der Waals surface area contributed by atoms with E-state index in [1.807, 2.05) is 20.8 Å². The molecule has 1 saturated carbocycles. The molecule has 0 bridgehead atoms. The van der Waals surface area contributed by atoms with Gasteiger partial charge >= 0.3 is 6.09 Å². The first-order valence-electron chi connectivity index (χ1n) is 14.3. The van der Waals surface area contributed by atoms with Crippen LogP contribution in [-0.2, 0) is 9.47 Å². The lowest BCUT2D eigenvalue weighted by atomic mass is 9.86. The van der Waals surface area contributed by atoms with E-state index >= 15 is 0 Å². The number of aromatic nitrogens is 4. The van der Waals surface area contributed by atoms with Gasteiger partial charge in [-0.3, -0.25) is 4.57 Å². The number of nitrogens with one attached hydrogen (secondary N) is 2. The van der Waals surface area contributed by atoms with Gasteiger partial charge in [0.05, 0.1) is 30.3 Å². The van der Waals surface area contributed by atoms with Crippen molar-refractivity contribution in [2.24, 2.45) is 5.92 Å². The van der Waals surface area contributed by atoms with Gasteiger partial charge in [0.2, 0.25) is 5.95 Å². The van der Waals surface area contributed by atoms with Crippen molar-refractivity contribution in [3.05, 3.63) is 36.2 Å². The van der Waals surface area contributed by atoms with Crippen molar-refractivity contribution in [2.75, 3.05) is 36.5 Å². The first-order chi connectivity index (χ1) is 19.6. The van der Waals surface area contributed by atoms with Gasteiger partial charge in [-0.25, -0.2) is 18.6 Å². The van der Waals surface area contributed by atoms with Gasteiger partial charge in [-0.1, -0.05) is 12.1 Å². The molecule has 41 heavy (non-hydrogen) atoms. The van der Waals surface area contributed by atoms with E-state index < -0.39 is 12.0 Å². The molecule has 0 radical (unpaired) electrons. The van der Waals surface area contributed by atoms with Crippen LogP contribution in [0.25, 0.3) is 16.9 Å². The van der Waals surface area contributed by atoms with Crippen LogP contribution in [0.4, 0.5) is 25.3 Å². The number of benzene rings is 1. The molecule has 3 heterocycles. The Bertz CT molecular complexity index is 1350. The summed E-state index contributed by atoms with van der Waals surface area (Å²) in [6, 6.07) is 8.97. The largest absolute Gasteiger partial charge is 0.444 e. The number of para-hydroxylation sites is 2. The van der Waals surface area contributed by atoms with Crippen LogP contribution < -0.4 is 15.5 Å². The number of rotatable bonds is 7. The van der Waals surface area contributed by atoms with Crippen molar-refractivity contribution in [2.45, 2.75) is 77.5 Å². The van der Waals surface area contributed by atoms with Gasteiger partial charge in [0, 0.05) is 25.2 Å². The number of alkyl carbamates (subject to hydrolysis) is 1. The van der Waals surface area contributed by atoms with Gasteiger partial charge in [0.25, 0.3) is 6.43 Å². The van der Waals surface area contributed by atoms with Crippen molar-refractivity contribution in [3.8, 4) is 5.82 Å².